The van der Waals surface area contributed by atoms with Crippen LogP contribution in [0.25, 0.3) is 11.4 Å². The number of aryl methyl sites for hydroxylation is 1. The Kier molecular flexibility index (Phi) is 4.90. The van der Waals surface area contributed by atoms with Crippen LogP contribution < -0.4 is 19.5 Å². The minimum atomic E-state index is -2.92. The molecule has 0 amide bonds. The molecule has 1 aromatic heterocycles. The van der Waals surface area contributed by atoms with E-state index >= 15 is 0 Å². The highest BCUT2D eigenvalue weighted by Crippen LogP contribution is 2.39. The van der Waals surface area contributed by atoms with E-state index in [0.29, 0.717) is 23.6 Å². The molecule has 3 heterocycles. The Hall–Kier alpha value is -3.29. The third-order valence-electron chi connectivity index (χ3n) is 5.38. The van der Waals surface area contributed by atoms with Gasteiger partial charge in [-0.1, -0.05) is 12.1 Å². The number of halogens is 2. The van der Waals surface area contributed by atoms with E-state index in [0.717, 1.165) is 36.5 Å². The number of aromatic nitrogens is 2. The summed E-state index contributed by atoms with van der Waals surface area (Å²) in [6.07, 6.45) is 5.37. The van der Waals surface area contributed by atoms with Crippen LogP contribution in [-0.2, 0) is 19.5 Å². The van der Waals surface area contributed by atoms with Gasteiger partial charge in [-0.25, -0.2) is 4.98 Å². The summed E-state index contributed by atoms with van der Waals surface area (Å²) in [5.74, 6) is 1.95. The van der Waals surface area contributed by atoms with Gasteiger partial charge in [0, 0.05) is 47.9 Å². The van der Waals surface area contributed by atoms with E-state index in [9.17, 15) is 8.78 Å². The van der Waals surface area contributed by atoms with Gasteiger partial charge in [-0.15, -0.1) is 0 Å². The summed E-state index contributed by atoms with van der Waals surface area (Å²) in [6, 6.07) is 11.1. The number of fused-ring (bicyclic) bond motifs is 2. The second kappa shape index (κ2) is 7.85. The first-order chi connectivity index (χ1) is 14.7. The summed E-state index contributed by atoms with van der Waals surface area (Å²) < 4.78 is 43.3. The molecule has 0 atom stereocenters. The molecule has 156 valence electrons. The first-order valence-corrected chi connectivity index (χ1v) is 9.93. The molecule has 0 radical (unpaired) electrons. The quantitative estimate of drug-likeness (QED) is 0.627. The van der Waals surface area contributed by atoms with Crippen molar-refractivity contribution in [2.45, 2.75) is 39.0 Å². The normalized spacial score (nSPS) is 14.6. The lowest BCUT2D eigenvalue weighted by molar-refractivity contribution is -0.0504. The van der Waals surface area contributed by atoms with Crippen molar-refractivity contribution in [1.29, 1.82) is 0 Å². The summed E-state index contributed by atoms with van der Waals surface area (Å²) in [5, 5.41) is 3.29. The first-order valence-electron chi connectivity index (χ1n) is 9.93. The van der Waals surface area contributed by atoms with Crippen LogP contribution in [0.2, 0.25) is 0 Å². The van der Waals surface area contributed by atoms with Crippen LogP contribution >= 0.6 is 0 Å². The van der Waals surface area contributed by atoms with Gasteiger partial charge in [0.05, 0.1) is 0 Å². The van der Waals surface area contributed by atoms with Crippen molar-refractivity contribution in [3.63, 3.8) is 0 Å². The number of nitrogens with one attached hydrogen (secondary N) is 1. The van der Waals surface area contributed by atoms with E-state index in [-0.39, 0.29) is 12.5 Å². The molecule has 2 aliphatic rings. The number of hydrogen-bond acceptors (Lipinski definition) is 5. The molecule has 1 N–H and O–H groups in total. The fraction of sp³-hybridized carbons (Fsp3) is 0.318. The van der Waals surface area contributed by atoms with Crippen molar-refractivity contribution in [2.75, 3.05) is 12.1 Å². The smallest absolute Gasteiger partial charge is 0.387 e. The molecule has 30 heavy (non-hydrogen) atoms. The van der Waals surface area contributed by atoms with Gasteiger partial charge in [0.15, 0.2) is 11.5 Å². The van der Waals surface area contributed by atoms with Gasteiger partial charge in [0.25, 0.3) is 0 Å². The molecule has 0 saturated heterocycles. The standard InChI is InChI=1S/C22H21F2N3O3/c23-22(24)30-18-10-20-19(28-13-29-20)9-15(18)11-25-16-5-3-4-14(8-16)21-26-12-17-6-1-2-7-27(17)21/h3-5,8-10,12,22,25H,1-2,6-7,11,13H2. The molecule has 0 bridgehead atoms. The van der Waals surface area contributed by atoms with Crippen molar-refractivity contribution >= 4 is 5.69 Å². The zero-order valence-corrected chi connectivity index (χ0v) is 16.2. The van der Waals surface area contributed by atoms with Crippen molar-refractivity contribution < 1.29 is 23.0 Å². The van der Waals surface area contributed by atoms with Crippen molar-refractivity contribution in [3.05, 3.63) is 53.9 Å². The lowest BCUT2D eigenvalue weighted by Gasteiger charge is -2.17. The van der Waals surface area contributed by atoms with Gasteiger partial charge in [-0.3, -0.25) is 0 Å². The van der Waals surface area contributed by atoms with E-state index in [1.54, 1.807) is 6.07 Å². The van der Waals surface area contributed by atoms with Crippen LogP contribution in [0.4, 0.5) is 14.5 Å². The SMILES string of the molecule is FC(F)Oc1cc2c(cc1CNc1cccc(-c3ncc4n3CCCC4)c1)OCO2. The molecule has 0 spiro atoms. The second-order valence-corrected chi connectivity index (χ2v) is 7.31. The van der Waals surface area contributed by atoms with Crippen LogP contribution in [0.3, 0.4) is 0 Å². The topological polar surface area (TPSA) is 57.5 Å². The largest absolute Gasteiger partial charge is 0.454 e. The molecule has 3 aromatic rings. The summed E-state index contributed by atoms with van der Waals surface area (Å²) in [7, 11) is 0. The first kappa shape index (κ1) is 18.7. The predicted octanol–water partition coefficient (Wildman–Crippen LogP) is 4.83. The number of nitrogens with zero attached hydrogens (tertiary/aromatic N) is 2. The summed E-state index contributed by atoms with van der Waals surface area (Å²) in [6.45, 7) is -1.58. The van der Waals surface area contributed by atoms with Gasteiger partial charge in [-0.2, -0.15) is 8.78 Å². The molecular weight excluding hydrogens is 392 g/mol. The highest BCUT2D eigenvalue weighted by molar-refractivity contribution is 5.64. The molecule has 6 nitrogen and oxygen atoms in total. The number of ether oxygens (including phenoxy) is 3. The number of benzene rings is 2. The molecule has 0 fully saturated rings. The summed E-state index contributed by atoms with van der Waals surface area (Å²) in [4.78, 5) is 4.61. The van der Waals surface area contributed by atoms with Crippen LogP contribution in [0, 0.1) is 0 Å². The number of anilines is 1. The van der Waals surface area contributed by atoms with Gasteiger partial charge in [0.2, 0.25) is 6.79 Å². The number of hydrogen-bond donors (Lipinski definition) is 1. The minimum Gasteiger partial charge on any atom is -0.454 e. The Balaban J connectivity index is 1.37. The average molecular weight is 413 g/mol. The van der Waals surface area contributed by atoms with E-state index in [2.05, 4.69) is 19.6 Å². The van der Waals surface area contributed by atoms with Crippen LogP contribution in [0.5, 0.6) is 17.2 Å². The number of imidazole rings is 1. The highest BCUT2D eigenvalue weighted by Gasteiger charge is 2.20. The molecule has 0 saturated carbocycles. The Labute approximate surface area is 172 Å². The van der Waals surface area contributed by atoms with Gasteiger partial charge in [0.1, 0.15) is 11.6 Å². The van der Waals surface area contributed by atoms with Crippen molar-refractivity contribution in [3.8, 4) is 28.6 Å². The second-order valence-electron chi connectivity index (χ2n) is 7.31. The monoisotopic (exact) mass is 413 g/mol. The van der Waals surface area contributed by atoms with E-state index in [1.165, 1.54) is 18.2 Å². The fourth-order valence-corrected chi connectivity index (χ4v) is 3.94. The minimum absolute atomic E-state index is 0.0665. The van der Waals surface area contributed by atoms with E-state index < -0.39 is 6.61 Å². The van der Waals surface area contributed by atoms with E-state index in [4.69, 9.17) is 9.47 Å². The lowest BCUT2D eigenvalue weighted by Crippen LogP contribution is -2.10. The maximum atomic E-state index is 12.8. The Morgan fingerprint density at radius 2 is 2.00 bits per heavy atom. The molecule has 0 unspecified atom stereocenters. The van der Waals surface area contributed by atoms with Gasteiger partial charge < -0.3 is 24.1 Å². The molecule has 0 aliphatic carbocycles. The predicted molar refractivity (Wildman–Crippen MR) is 107 cm³/mol. The average Bonchev–Trinajstić information content (AvgIpc) is 3.38. The maximum absolute atomic E-state index is 12.8. The molecular formula is C22H21F2N3O3. The van der Waals surface area contributed by atoms with Crippen LogP contribution in [0.1, 0.15) is 24.1 Å². The van der Waals surface area contributed by atoms with Crippen LogP contribution in [-0.4, -0.2) is 23.0 Å². The zero-order chi connectivity index (χ0) is 20.5. The van der Waals surface area contributed by atoms with Crippen molar-refractivity contribution in [2.24, 2.45) is 0 Å². The third-order valence-corrected chi connectivity index (χ3v) is 5.38. The molecule has 5 rings (SSSR count). The van der Waals surface area contributed by atoms with E-state index in [1.807, 2.05) is 30.5 Å². The summed E-state index contributed by atoms with van der Waals surface area (Å²) in [5.41, 5.74) is 3.70. The molecule has 8 heteroatoms. The summed E-state index contributed by atoms with van der Waals surface area (Å²) >= 11 is 0. The number of rotatable bonds is 6. The van der Waals surface area contributed by atoms with Gasteiger partial charge in [-0.05, 0) is 37.5 Å². The molecule has 2 aromatic carbocycles. The third kappa shape index (κ3) is 3.65. The van der Waals surface area contributed by atoms with Crippen LogP contribution in [0.15, 0.2) is 42.6 Å². The Morgan fingerprint density at radius 1 is 1.13 bits per heavy atom. The lowest BCUT2D eigenvalue weighted by atomic mass is 10.1. The van der Waals surface area contributed by atoms with Gasteiger partial charge >= 0.3 is 6.61 Å². The Morgan fingerprint density at radius 3 is 2.87 bits per heavy atom. The number of alkyl halides is 2. The fourth-order valence-electron chi connectivity index (χ4n) is 3.94. The Bertz CT molecular complexity index is 1070. The van der Waals surface area contributed by atoms with Crippen molar-refractivity contribution in [1.82, 2.24) is 9.55 Å². The highest BCUT2D eigenvalue weighted by atomic mass is 19.3. The zero-order valence-electron chi connectivity index (χ0n) is 16.2. The maximum Gasteiger partial charge on any atom is 0.387 e. The molecule has 2 aliphatic heterocycles.